The van der Waals surface area contributed by atoms with Gasteiger partial charge in [0.15, 0.2) is 0 Å². The highest BCUT2D eigenvalue weighted by atomic mass is 19.1. The van der Waals surface area contributed by atoms with Crippen LogP contribution in [0.3, 0.4) is 0 Å². The maximum absolute atomic E-state index is 13.6. The molecule has 94 valence electrons. The molecule has 2 aromatic rings. The predicted octanol–water partition coefficient (Wildman–Crippen LogP) is 2.61. The van der Waals surface area contributed by atoms with Gasteiger partial charge in [-0.2, -0.15) is 5.10 Å². The van der Waals surface area contributed by atoms with Crippen molar-refractivity contribution in [1.29, 1.82) is 0 Å². The molecule has 2 N–H and O–H groups in total. The van der Waals surface area contributed by atoms with E-state index in [0.29, 0.717) is 23.8 Å². The molecule has 18 heavy (non-hydrogen) atoms. The van der Waals surface area contributed by atoms with Gasteiger partial charge in [0.25, 0.3) is 0 Å². The van der Waals surface area contributed by atoms with Crippen molar-refractivity contribution < 1.29 is 8.78 Å². The van der Waals surface area contributed by atoms with Crippen molar-refractivity contribution in [1.82, 2.24) is 15.5 Å². The lowest BCUT2D eigenvalue weighted by Gasteiger charge is -1.99. The van der Waals surface area contributed by atoms with Crippen molar-refractivity contribution in [2.45, 2.75) is 25.4 Å². The highest BCUT2D eigenvalue weighted by Crippen LogP contribution is 2.23. The van der Waals surface area contributed by atoms with Crippen LogP contribution in [0.5, 0.6) is 0 Å². The summed E-state index contributed by atoms with van der Waals surface area (Å²) in [6.45, 7) is 0.695. The molecule has 5 heteroatoms. The Bertz CT molecular complexity index is 561. The molecule has 0 atom stereocenters. The van der Waals surface area contributed by atoms with E-state index in [2.05, 4.69) is 15.5 Å². The van der Waals surface area contributed by atoms with E-state index >= 15 is 0 Å². The van der Waals surface area contributed by atoms with Gasteiger partial charge in [0.2, 0.25) is 0 Å². The van der Waals surface area contributed by atoms with E-state index in [9.17, 15) is 8.78 Å². The van der Waals surface area contributed by atoms with E-state index in [0.717, 1.165) is 11.8 Å². The fourth-order valence-corrected chi connectivity index (χ4v) is 1.83. The SMILES string of the molecule is Fc1ccc(-c2cc(CNC3CC3)[nH]n2)c(F)c1. The third-order valence-electron chi connectivity index (χ3n) is 3.00. The van der Waals surface area contributed by atoms with Crippen molar-refractivity contribution in [2.75, 3.05) is 0 Å². The van der Waals surface area contributed by atoms with Gasteiger partial charge in [-0.3, -0.25) is 5.10 Å². The Balaban J connectivity index is 1.78. The quantitative estimate of drug-likeness (QED) is 0.874. The molecular formula is C13H13F2N3. The first-order valence-electron chi connectivity index (χ1n) is 5.95. The molecule has 1 aliphatic rings. The highest BCUT2D eigenvalue weighted by Gasteiger charge is 2.20. The predicted molar refractivity (Wildman–Crippen MR) is 63.8 cm³/mol. The average molecular weight is 249 g/mol. The van der Waals surface area contributed by atoms with Crippen LogP contribution < -0.4 is 5.32 Å². The number of nitrogens with zero attached hydrogens (tertiary/aromatic N) is 1. The molecule has 3 nitrogen and oxygen atoms in total. The van der Waals surface area contributed by atoms with E-state index < -0.39 is 11.6 Å². The number of hydrogen-bond donors (Lipinski definition) is 2. The van der Waals surface area contributed by atoms with Crippen LogP contribution in [0.15, 0.2) is 24.3 Å². The van der Waals surface area contributed by atoms with E-state index in [-0.39, 0.29) is 0 Å². The van der Waals surface area contributed by atoms with Crippen LogP contribution in [-0.4, -0.2) is 16.2 Å². The molecule has 0 amide bonds. The number of halogens is 2. The molecule has 1 aromatic carbocycles. The third-order valence-corrected chi connectivity index (χ3v) is 3.00. The summed E-state index contributed by atoms with van der Waals surface area (Å²) in [6.07, 6.45) is 2.43. The molecule has 0 unspecified atom stereocenters. The molecular weight excluding hydrogens is 236 g/mol. The van der Waals surface area contributed by atoms with Crippen molar-refractivity contribution in [3.05, 3.63) is 41.6 Å². The minimum atomic E-state index is -0.594. The summed E-state index contributed by atoms with van der Waals surface area (Å²) in [5.74, 6) is -1.18. The van der Waals surface area contributed by atoms with Crippen LogP contribution in [0, 0.1) is 11.6 Å². The zero-order valence-electron chi connectivity index (χ0n) is 9.71. The van der Waals surface area contributed by atoms with Gasteiger partial charge >= 0.3 is 0 Å². The van der Waals surface area contributed by atoms with Crippen LogP contribution in [0.4, 0.5) is 8.78 Å². The van der Waals surface area contributed by atoms with Gasteiger partial charge in [-0.25, -0.2) is 8.78 Å². The molecule has 3 rings (SSSR count). The molecule has 0 aliphatic heterocycles. The highest BCUT2D eigenvalue weighted by molar-refractivity contribution is 5.60. The van der Waals surface area contributed by atoms with E-state index in [1.807, 2.05) is 0 Å². The molecule has 0 saturated heterocycles. The first-order chi connectivity index (χ1) is 8.72. The first-order valence-corrected chi connectivity index (χ1v) is 5.95. The Kier molecular flexibility index (Phi) is 2.83. The molecule has 0 bridgehead atoms. The van der Waals surface area contributed by atoms with Gasteiger partial charge in [0.1, 0.15) is 11.6 Å². The standard InChI is InChI=1S/C13H13F2N3/c14-8-1-4-11(12(15)5-8)13-6-10(17-18-13)7-16-9-2-3-9/h1,4-6,9,16H,2-3,7H2,(H,17,18). The number of aromatic amines is 1. The summed E-state index contributed by atoms with van der Waals surface area (Å²) in [7, 11) is 0. The Labute approximate surface area is 103 Å². The Morgan fingerprint density at radius 1 is 1.28 bits per heavy atom. The van der Waals surface area contributed by atoms with Crippen molar-refractivity contribution in [3.8, 4) is 11.3 Å². The smallest absolute Gasteiger partial charge is 0.135 e. The van der Waals surface area contributed by atoms with Crippen LogP contribution in [0.25, 0.3) is 11.3 Å². The van der Waals surface area contributed by atoms with E-state index in [1.54, 1.807) is 6.07 Å². The number of rotatable bonds is 4. The van der Waals surface area contributed by atoms with Gasteiger partial charge in [-0.05, 0) is 31.0 Å². The van der Waals surface area contributed by atoms with Gasteiger partial charge in [-0.15, -0.1) is 0 Å². The van der Waals surface area contributed by atoms with Crippen molar-refractivity contribution >= 4 is 0 Å². The molecule has 0 radical (unpaired) electrons. The number of nitrogens with one attached hydrogen (secondary N) is 2. The molecule has 1 saturated carbocycles. The van der Waals surface area contributed by atoms with Crippen molar-refractivity contribution in [2.24, 2.45) is 0 Å². The maximum Gasteiger partial charge on any atom is 0.135 e. The van der Waals surface area contributed by atoms with Gasteiger partial charge in [-0.1, -0.05) is 0 Å². The van der Waals surface area contributed by atoms with E-state index in [4.69, 9.17) is 0 Å². The van der Waals surface area contributed by atoms with Gasteiger partial charge < -0.3 is 5.32 Å². The lowest BCUT2D eigenvalue weighted by Crippen LogP contribution is -2.15. The first kappa shape index (κ1) is 11.3. The molecule has 1 aromatic heterocycles. The van der Waals surface area contributed by atoms with Gasteiger partial charge in [0.05, 0.1) is 5.69 Å². The lowest BCUT2D eigenvalue weighted by atomic mass is 10.1. The molecule has 0 spiro atoms. The zero-order chi connectivity index (χ0) is 12.5. The minimum absolute atomic E-state index is 0.310. The topological polar surface area (TPSA) is 40.7 Å². The summed E-state index contributed by atoms with van der Waals surface area (Å²) in [5, 5.41) is 10.2. The fourth-order valence-electron chi connectivity index (χ4n) is 1.83. The monoisotopic (exact) mass is 249 g/mol. The van der Waals surface area contributed by atoms with Crippen LogP contribution in [0.2, 0.25) is 0 Å². The molecule has 1 fully saturated rings. The fraction of sp³-hybridized carbons (Fsp3) is 0.308. The van der Waals surface area contributed by atoms with Crippen molar-refractivity contribution in [3.63, 3.8) is 0 Å². The van der Waals surface area contributed by atoms with Crippen LogP contribution >= 0.6 is 0 Å². The Morgan fingerprint density at radius 2 is 2.11 bits per heavy atom. The normalized spacial score (nSPS) is 15.0. The van der Waals surface area contributed by atoms with Crippen LogP contribution in [0.1, 0.15) is 18.5 Å². The number of benzene rings is 1. The summed E-state index contributed by atoms with van der Waals surface area (Å²) in [6, 6.07) is 5.89. The summed E-state index contributed by atoms with van der Waals surface area (Å²) >= 11 is 0. The average Bonchev–Trinajstić information content (AvgIpc) is 3.05. The second kappa shape index (κ2) is 4.49. The third kappa shape index (κ3) is 2.41. The summed E-state index contributed by atoms with van der Waals surface area (Å²) in [5.41, 5.74) is 1.71. The summed E-state index contributed by atoms with van der Waals surface area (Å²) < 4.78 is 26.4. The number of aromatic nitrogens is 2. The Hall–Kier alpha value is -1.75. The maximum atomic E-state index is 13.6. The van der Waals surface area contributed by atoms with Gasteiger partial charge in [0, 0.05) is 29.9 Å². The molecule has 1 aliphatic carbocycles. The number of H-pyrrole nitrogens is 1. The minimum Gasteiger partial charge on any atom is -0.308 e. The second-order valence-corrected chi connectivity index (χ2v) is 4.56. The summed E-state index contributed by atoms with van der Waals surface area (Å²) in [4.78, 5) is 0. The second-order valence-electron chi connectivity index (χ2n) is 4.56. The van der Waals surface area contributed by atoms with E-state index in [1.165, 1.54) is 25.0 Å². The largest absolute Gasteiger partial charge is 0.308 e. The van der Waals surface area contributed by atoms with Crippen LogP contribution in [-0.2, 0) is 6.54 Å². The molecule has 1 heterocycles. The number of hydrogen-bond acceptors (Lipinski definition) is 2. The zero-order valence-corrected chi connectivity index (χ0v) is 9.71. The lowest BCUT2D eigenvalue weighted by molar-refractivity contribution is 0.585. The Morgan fingerprint density at radius 3 is 2.83 bits per heavy atom.